The van der Waals surface area contributed by atoms with Crippen LogP contribution in [0.5, 0.6) is 0 Å². The molecule has 1 aliphatic heterocycles. The summed E-state index contributed by atoms with van der Waals surface area (Å²) < 4.78 is 11.0. The topological polar surface area (TPSA) is 58.9 Å². The van der Waals surface area contributed by atoms with Gasteiger partial charge in [-0.2, -0.15) is 0 Å². The minimum atomic E-state index is -0.941. The van der Waals surface area contributed by atoms with Crippen molar-refractivity contribution in [3.05, 3.63) is 0 Å². The monoisotopic (exact) mass is 244 g/mol. The van der Waals surface area contributed by atoms with Crippen LogP contribution in [0.25, 0.3) is 0 Å². The Kier molecular flexibility index (Phi) is 3.51. The Morgan fingerprint density at radius 2 is 2.12 bits per heavy atom. The molecule has 0 amide bonds. The number of ether oxygens (including phenoxy) is 2. The van der Waals surface area contributed by atoms with E-state index in [9.17, 15) is 10.2 Å². The zero-order valence-corrected chi connectivity index (χ0v) is 11.0. The summed E-state index contributed by atoms with van der Waals surface area (Å²) in [5.41, 5.74) is -0.941. The standard InChI is InChI=1S/C13H24O4/c1-4-5-6-9-7-13(9,15)11(14)10-8-16-12(2,3)17-10/h9-11,14-15H,4-8H2,1-3H3/t9-,10-,11+,13-/m0/s1. The maximum absolute atomic E-state index is 10.3. The molecule has 0 spiro atoms. The van der Waals surface area contributed by atoms with E-state index in [4.69, 9.17) is 9.47 Å². The van der Waals surface area contributed by atoms with Crippen LogP contribution in [0.3, 0.4) is 0 Å². The van der Waals surface area contributed by atoms with Gasteiger partial charge in [0.2, 0.25) is 0 Å². The summed E-state index contributed by atoms with van der Waals surface area (Å²) in [4.78, 5) is 0. The minimum absolute atomic E-state index is 0.227. The molecule has 1 saturated heterocycles. The molecule has 0 aromatic heterocycles. The lowest BCUT2D eigenvalue weighted by Gasteiger charge is -2.25. The van der Waals surface area contributed by atoms with Gasteiger partial charge in [-0.1, -0.05) is 19.8 Å². The zero-order valence-electron chi connectivity index (χ0n) is 11.0. The lowest BCUT2D eigenvalue weighted by atomic mass is 10.0. The lowest BCUT2D eigenvalue weighted by Crippen LogP contribution is -2.42. The van der Waals surface area contributed by atoms with Crippen molar-refractivity contribution in [2.45, 2.75) is 70.1 Å². The van der Waals surface area contributed by atoms with Crippen molar-refractivity contribution in [2.75, 3.05) is 6.61 Å². The summed E-state index contributed by atoms with van der Waals surface area (Å²) in [6.07, 6.45) is 2.68. The van der Waals surface area contributed by atoms with Gasteiger partial charge in [0.15, 0.2) is 5.79 Å². The van der Waals surface area contributed by atoms with Crippen molar-refractivity contribution in [1.82, 2.24) is 0 Å². The summed E-state index contributed by atoms with van der Waals surface area (Å²) in [5, 5.41) is 20.5. The number of aliphatic hydroxyl groups is 2. The SMILES string of the molecule is CCCC[C@H]1C[C@@]1(O)[C@H](O)[C@@H]1COC(C)(C)O1. The van der Waals surface area contributed by atoms with Crippen LogP contribution in [-0.2, 0) is 9.47 Å². The zero-order chi connectivity index (χ0) is 12.7. The smallest absolute Gasteiger partial charge is 0.163 e. The number of unbranched alkanes of at least 4 members (excludes halogenated alkanes) is 1. The van der Waals surface area contributed by atoms with Gasteiger partial charge in [-0.15, -0.1) is 0 Å². The van der Waals surface area contributed by atoms with E-state index in [0.717, 1.165) is 19.3 Å². The Morgan fingerprint density at radius 3 is 2.65 bits per heavy atom. The van der Waals surface area contributed by atoms with Crippen LogP contribution in [0.1, 0.15) is 46.5 Å². The molecule has 1 aliphatic carbocycles. The van der Waals surface area contributed by atoms with Crippen molar-refractivity contribution >= 4 is 0 Å². The van der Waals surface area contributed by atoms with E-state index in [1.54, 1.807) is 0 Å². The predicted molar refractivity (Wildman–Crippen MR) is 63.5 cm³/mol. The van der Waals surface area contributed by atoms with Gasteiger partial charge >= 0.3 is 0 Å². The van der Waals surface area contributed by atoms with Crippen LogP contribution in [0.2, 0.25) is 0 Å². The number of aliphatic hydroxyl groups excluding tert-OH is 1. The lowest BCUT2D eigenvalue weighted by molar-refractivity contribution is -0.164. The first-order valence-corrected chi connectivity index (χ1v) is 6.61. The van der Waals surface area contributed by atoms with Crippen LogP contribution in [0, 0.1) is 5.92 Å². The second-order valence-corrected chi connectivity index (χ2v) is 5.85. The molecular formula is C13H24O4. The van der Waals surface area contributed by atoms with E-state index in [0.29, 0.717) is 13.0 Å². The largest absolute Gasteiger partial charge is 0.387 e. The van der Waals surface area contributed by atoms with Crippen LogP contribution < -0.4 is 0 Å². The van der Waals surface area contributed by atoms with E-state index in [1.165, 1.54) is 0 Å². The third-order valence-corrected chi connectivity index (χ3v) is 3.92. The first-order valence-electron chi connectivity index (χ1n) is 6.61. The average molecular weight is 244 g/mol. The third-order valence-electron chi connectivity index (χ3n) is 3.92. The molecule has 2 N–H and O–H groups in total. The van der Waals surface area contributed by atoms with Crippen molar-refractivity contribution in [3.63, 3.8) is 0 Å². The van der Waals surface area contributed by atoms with Crippen LogP contribution in [-0.4, -0.2) is 40.4 Å². The number of hydrogen-bond donors (Lipinski definition) is 2. The maximum Gasteiger partial charge on any atom is 0.163 e. The van der Waals surface area contributed by atoms with Crippen LogP contribution in [0.4, 0.5) is 0 Å². The molecule has 1 saturated carbocycles. The van der Waals surface area contributed by atoms with Crippen LogP contribution in [0.15, 0.2) is 0 Å². The van der Waals surface area contributed by atoms with Crippen molar-refractivity contribution < 1.29 is 19.7 Å². The molecule has 0 unspecified atom stereocenters. The summed E-state index contributed by atoms with van der Waals surface area (Å²) >= 11 is 0. The quantitative estimate of drug-likeness (QED) is 0.768. The second kappa shape index (κ2) is 4.50. The first-order chi connectivity index (χ1) is 7.89. The van der Waals surface area contributed by atoms with E-state index in [1.807, 2.05) is 13.8 Å². The Hall–Kier alpha value is -0.160. The molecule has 2 fully saturated rings. The van der Waals surface area contributed by atoms with Gasteiger partial charge in [-0.3, -0.25) is 0 Å². The molecule has 0 bridgehead atoms. The Balaban J connectivity index is 1.87. The number of rotatable bonds is 5. The molecule has 1 heterocycles. The highest BCUT2D eigenvalue weighted by Gasteiger charge is 2.60. The van der Waals surface area contributed by atoms with E-state index < -0.39 is 23.6 Å². The van der Waals surface area contributed by atoms with Crippen molar-refractivity contribution in [1.29, 1.82) is 0 Å². The van der Waals surface area contributed by atoms with Gasteiger partial charge in [-0.05, 0) is 32.6 Å². The van der Waals surface area contributed by atoms with Crippen molar-refractivity contribution in [2.24, 2.45) is 5.92 Å². The van der Waals surface area contributed by atoms with E-state index >= 15 is 0 Å². The summed E-state index contributed by atoms with van der Waals surface area (Å²) in [5.74, 6) is -0.416. The summed E-state index contributed by atoms with van der Waals surface area (Å²) in [6, 6.07) is 0. The molecule has 0 aromatic carbocycles. The fourth-order valence-electron chi connectivity index (χ4n) is 2.69. The summed E-state index contributed by atoms with van der Waals surface area (Å²) in [7, 11) is 0. The first kappa shape index (κ1) is 13.3. The Morgan fingerprint density at radius 1 is 1.41 bits per heavy atom. The molecule has 4 nitrogen and oxygen atoms in total. The third kappa shape index (κ3) is 2.65. The van der Waals surface area contributed by atoms with E-state index in [2.05, 4.69) is 6.92 Å². The fourth-order valence-corrected chi connectivity index (χ4v) is 2.69. The average Bonchev–Trinajstić information content (AvgIpc) is 2.79. The van der Waals surface area contributed by atoms with Crippen molar-refractivity contribution in [3.8, 4) is 0 Å². The highest BCUT2D eigenvalue weighted by Crippen LogP contribution is 2.51. The van der Waals surface area contributed by atoms with Gasteiger partial charge in [-0.25, -0.2) is 0 Å². The molecule has 0 radical (unpaired) electrons. The van der Waals surface area contributed by atoms with Gasteiger partial charge in [0.1, 0.15) is 12.2 Å². The minimum Gasteiger partial charge on any atom is -0.387 e. The molecule has 2 rings (SSSR count). The maximum atomic E-state index is 10.3. The molecule has 2 aliphatic rings. The highest BCUT2D eigenvalue weighted by molar-refractivity contribution is 5.10. The normalized spacial score (nSPS) is 41.5. The van der Waals surface area contributed by atoms with E-state index in [-0.39, 0.29) is 5.92 Å². The Bertz CT molecular complexity index is 279. The molecule has 0 aromatic rings. The molecule has 4 atom stereocenters. The Labute approximate surface area is 103 Å². The molecule has 4 heteroatoms. The van der Waals surface area contributed by atoms with Gasteiger partial charge in [0, 0.05) is 0 Å². The van der Waals surface area contributed by atoms with Gasteiger partial charge in [0.25, 0.3) is 0 Å². The number of hydrogen-bond acceptors (Lipinski definition) is 4. The van der Waals surface area contributed by atoms with Gasteiger partial charge < -0.3 is 19.7 Å². The van der Waals surface area contributed by atoms with Crippen LogP contribution >= 0.6 is 0 Å². The highest BCUT2D eigenvalue weighted by atomic mass is 16.7. The molecule has 100 valence electrons. The molecule has 17 heavy (non-hydrogen) atoms. The summed E-state index contributed by atoms with van der Waals surface area (Å²) in [6.45, 7) is 6.14. The predicted octanol–water partition coefficient (Wildman–Crippen LogP) is 1.44. The molecular weight excluding hydrogens is 220 g/mol. The van der Waals surface area contributed by atoms with Gasteiger partial charge in [0.05, 0.1) is 12.2 Å². The fraction of sp³-hybridized carbons (Fsp3) is 1.00. The second-order valence-electron chi connectivity index (χ2n) is 5.85.